The number of aliphatic imine (C=N–C) groups is 1. The molecule has 31 heavy (non-hydrogen) atoms. The fraction of sp³-hybridized carbons (Fsp3) is 0.632. The first kappa shape index (κ1) is 25.1. The summed E-state index contributed by atoms with van der Waals surface area (Å²) in [5.41, 5.74) is 0.175. The van der Waals surface area contributed by atoms with Crippen LogP contribution in [0, 0.1) is 0 Å². The van der Waals surface area contributed by atoms with Gasteiger partial charge >= 0.3 is 11.9 Å². The number of amidine groups is 1. The van der Waals surface area contributed by atoms with Crippen LogP contribution < -0.4 is 10.6 Å². The molecule has 2 atom stereocenters. The first-order valence-electron chi connectivity index (χ1n) is 9.81. The molecule has 0 aromatic heterocycles. The number of hydrogen-bond donors (Lipinski definition) is 3. The average Bonchev–Trinajstić information content (AvgIpc) is 2.66. The molecule has 0 aromatic rings. The van der Waals surface area contributed by atoms with Gasteiger partial charge in [-0.3, -0.25) is 24.3 Å². The zero-order valence-corrected chi connectivity index (χ0v) is 19.8. The third kappa shape index (κ3) is 6.63. The monoisotopic (exact) mass is 472 g/mol. The Morgan fingerprint density at radius 3 is 2.55 bits per heavy atom. The second kappa shape index (κ2) is 10.9. The highest BCUT2D eigenvalue weighted by Crippen LogP contribution is 2.40. The lowest BCUT2D eigenvalue weighted by Gasteiger charge is -2.49. The number of β-lactam (4-membered cyclic amide) rings is 1. The molecular formula is C19H28N4O6S2. The SMILES string of the molecule is CC(=O)OCC1=C(C(=O)O)N2C(=O)[C@@H](NC(=O)CSC(=NC(C)C)NC(C)C)[C@H]2SC1. The molecule has 12 heteroatoms. The molecule has 2 aliphatic heterocycles. The van der Waals surface area contributed by atoms with E-state index < -0.39 is 29.3 Å². The Morgan fingerprint density at radius 1 is 1.32 bits per heavy atom. The summed E-state index contributed by atoms with van der Waals surface area (Å²) < 4.78 is 4.90. The van der Waals surface area contributed by atoms with Crippen molar-refractivity contribution >= 4 is 52.4 Å². The van der Waals surface area contributed by atoms with E-state index >= 15 is 0 Å². The molecule has 10 nitrogen and oxygen atoms in total. The number of nitrogens with one attached hydrogen (secondary N) is 2. The van der Waals surface area contributed by atoms with E-state index in [1.54, 1.807) is 0 Å². The molecule has 0 spiro atoms. The van der Waals surface area contributed by atoms with Crippen LogP contribution >= 0.6 is 23.5 Å². The minimum atomic E-state index is -1.27. The molecule has 0 aliphatic carbocycles. The van der Waals surface area contributed by atoms with Crippen molar-refractivity contribution in [2.24, 2.45) is 4.99 Å². The predicted octanol–water partition coefficient (Wildman–Crippen LogP) is 0.784. The van der Waals surface area contributed by atoms with E-state index in [9.17, 15) is 24.3 Å². The Morgan fingerprint density at radius 2 is 2.00 bits per heavy atom. The van der Waals surface area contributed by atoms with Gasteiger partial charge in [-0.05, 0) is 27.7 Å². The van der Waals surface area contributed by atoms with Crippen molar-refractivity contribution in [3.05, 3.63) is 11.3 Å². The van der Waals surface area contributed by atoms with Crippen LogP contribution in [0.4, 0.5) is 0 Å². The molecule has 2 aliphatic rings. The normalized spacial score (nSPS) is 21.1. The summed E-state index contributed by atoms with van der Waals surface area (Å²) in [6.07, 6.45) is 0. The lowest BCUT2D eigenvalue weighted by Crippen LogP contribution is -2.70. The lowest BCUT2D eigenvalue weighted by molar-refractivity contribution is -0.150. The predicted molar refractivity (Wildman–Crippen MR) is 120 cm³/mol. The Kier molecular flexibility index (Phi) is 8.80. The number of hydrogen-bond acceptors (Lipinski definition) is 8. The molecule has 0 aromatic carbocycles. The number of nitrogens with zero attached hydrogens (tertiary/aromatic N) is 2. The van der Waals surface area contributed by atoms with Crippen molar-refractivity contribution < 1.29 is 29.0 Å². The average molecular weight is 473 g/mol. The smallest absolute Gasteiger partial charge is 0.352 e. The summed E-state index contributed by atoms with van der Waals surface area (Å²) in [6.45, 7) is 8.87. The maximum atomic E-state index is 12.6. The number of amides is 2. The van der Waals surface area contributed by atoms with Crippen LogP contribution in [0.2, 0.25) is 0 Å². The second-order valence-electron chi connectivity index (χ2n) is 7.61. The highest BCUT2D eigenvalue weighted by atomic mass is 32.2. The fourth-order valence-corrected chi connectivity index (χ4v) is 5.21. The first-order valence-corrected chi connectivity index (χ1v) is 11.8. The van der Waals surface area contributed by atoms with Crippen molar-refractivity contribution in [2.75, 3.05) is 18.1 Å². The van der Waals surface area contributed by atoms with Gasteiger partial charge in [0.05, 0.1) is 5.75 Å². The number of rotatable bonds is 8. The third-order valence-corrected chi connectivity index (χ3v) is 6.39. The van der Waals surface area contributed by atoms with Gasteiger partial charge in [0.15, 0.2) is 5.17 Å². The van der Waals surface area contributed by atoms with Crippen LogP contribution in [0.5, 0.6) is 0 Å². The van der Waals surface area contributed by atoms with Gasteiger partial charge in [0.25, 0.3) is 5.91 Å². The highest BCUT2D eigenvalue weighted by Gasteiger charge is 2.54. The van der Waals surface area contributed by atoms with E-state index in [4.69, 9.17) is 4.74 Å². The highest BCUT2D eigenvalue weighted by molar-refractivity contribution is 8.14. The summed E-state index contributed by atoms with van der Waals surface area (Å²) >= 11 is 2.58. The quantitative estimate of drug-likeness (QED) is 0.202. The largest absolute Gasteiger partial charge is 0.477 e. The topological polar surface area (TPSA) is 137 Å². The molecule has 1 saturated heterocycles. The number of fused-ring (bicyclic) bond motifs is 1. The van der Waals surface area contributed by atoms with E-state index in [1.165, 1.54) is 30.4 Å². The number of aliphatic carboxylic acids is 1. The maximum absolute atomic E-state index is 12.6. The zero-order valence-electron chi connectivity index (χ0n) is 18.1. The van der Waals surface area contributed by atoms with Crippen molar-refractivity contribution in [3.8, 4) is 0 Å². The van der Waals surface area contributed by atoms with Crippen molar-refractivity contribution in [1.82, 2.24) is 15.5 Å². The molecule has 1 fully saturated rings. The van der Waals surface area contributed by atoms with Crippen LogP contribution in [-0.4, -0.2) is 80.5 Å². The minimum Gasteiger partial charge on any atom is -0.477 e. The van der Waals surface area contributed by atoms with E-state index in [-0.39, 0.29) is 41.8 Å². The summed E-state index contributed by atoms with van der Waals surface area (Å²) in [5.74, 6) is -2.27. The first-order chi connectivity index (χ1) is 14.5. The number of thioether (sulfide) groups is 2. The van der Waals surface area contributed by atoms with Gasteiger partial charge in [-0.2, -0.15) is 0 Å². The van der Waals surface area contributed by atoms with E-state index in [1.807, 2.05) is 27.7 Å². The molecule has 2 amide bonds. The standard InChI is InChI=1S/C19H28N4O6S2/c1-9(2)20-19(21-10(3)4)31-8-13(25)22-14-16(26)23-15(18(27)28)12(6-29-11(5)24)7-30-17(14)23/h9-10,14,17H,6-8H2,1-5H3,(H,20,21)(H,22,25)(H,27,28)/t14-,17-/m1/s1. The molecule has 0 radical (unpaired) electrons. The summed E-state index contributed by atoms with van der Waals surface area (Å²) in [5, 5.41) is 15.6. The number of esters is 1. The van der Waals surface area contributed by atoms with E-state index in [2.05, 4.69) is 15.6 Å². The molecule has 2 heterocycles. The van der Waals surface area contributed by atoms with Gasteiger partial charge in [-0.15, -0.1) is 11.8 Å². The number of carboxylic acids is 1. The number of carboxylic acid groups (broad SMARTS) is 1. The van der Waals surface area contributed by atoms with E-state index in [0.717, 1.165) is 4.90 Å². The summed E-state index contributed by atoms with van der Waals surface area (Å²) in [4.78, 5) is 53.4. The van der Waals surface area contributed by atoms with Gasteiger partial charge in [0, 0.05) is 30.3 Å². The zero-order chi connectivity index (χ0) is 23.3. The maximum Gasteiger partial charge on any atom is 0.352 e. The molecule has 2 rings (SSSR count). The number of ether oxygens (including phenoxy) is 1. The third-order valence-electron chi connectivity index (χ3n) is 4.14. The van der Waals surface area contributed by atoms with Crippen LogP contribution in [0.1, 0.15) is 34.6 Å². The van der Waals surface area contributed by atoms with Gasteiger partial charge in [-0.25, -0.2) is 4.79 Å². The molecule has 172 valence electrons. The van der Waals surface area contributed by atoms with Gasteiger partial charge in [-0.1, -0.05) is 11.8 Å². The van der Waals surface area contributed by atoms with E-state index in [0.29, 0.717) is 10.7 Å². The second-order valence-corrected chi connectivity index (χ2v) is 9.68. The van der Waals surface area contributed by atoms with Crippen LogP contribution in [0.3, 0.4) is 0 Å². The van der Waals surface area contributed by atoms with Gasteiger partial charge < -0.3 is 20.5 Å². The molecule has 0 saturated carbocycles. The lowest BCUT2D eigenvalue weighted by atomic mass is 10.0. The Labute approximate surface area is 189 Å². The Balaban J connectivity index is 2.00. The Hall–Kier alpha value is -2.21. The molecule has 3 N–H and O–H groups in total. The van der Waals surface area contributed by atoms with Crippen LogP contribution in [0.15, 0.2) is 16.3 Å². The summed E-state index contributed by atoms with van der Waals surface area (Å²) in [7, 11) is 0. The van der Waals surface area contributed by atoms with Crippen molar-refractivity contribution in [2.45, 2.75) is 58.1 Å². The van der Waals surface area contributed by atoms with Gasteiger partial charge in [0.1, 0.15) is 23.7 Å². The van der Waals surface area contributed by atoms with Gasteiger partial charge in [0.2, 0.25) is 5.91 Å². The van der Waals surface area contributed by atoms with Crippen LogP contribution in [-0.2, 0) is 23.9 Å². The molecular weight excluding hydrogens is 444 g/mol. The number of carbonyl (C=O) groups excluding carboxylic acids is 3. The molecule has 0 unspecified atom stereocenters. The summed E-state index contributed by atoms with van der Waals surface area (Å²) in [6, 6.07) is -0.568. The number of carbonyl (C=O) groups is 4. The van der Waals surface area contributed by atoms with Crippen LogP contribution in [0.25, 0.3) is 0 Å². The molecule has 0 bridgehead atoms. The Bertz CT molecular complexity index is 811. The fourth-order valence-electron chi connectivity index (χ4n) is 2.93. The minimum absolute atomic E-state index is 0.0691. The van der Waals surface area contributed by atoms with Crippen molar-refractivity contribution in [3.63, 3.8) is 0 Å². The van der Waals surface area contributed by atoms with Crippen molar-refractivity contribution in [1.29, 1.82) is 0 Å².